The molecule has 7 heteroatoms. The van der Waals surface area contributed by atoms with Gasteiger partial charge >= 0.3 is 17.9 Å². The van der Waals surface area contributed by atoms with Gasteiger partial charge in [0.2, 0.25) is 0 Å². The Kier molecular flexibility index (Phi) is 10.2. The lowest BCUT2D eigenvalue weighted by Gasteiger charge is -2.44. The Morgan fingerprint density at radius 3 is 1.36 bits per heavy atom. The van der Waals surface area contributed by atoms with Crippen LogP contribution in [0.3, 0.4) is 0 Å². The van der Waals surface area contributed by atoms with E-state index in [1.807, 2.05) is 0 Å². The summed E-state index contributed by atoms with van der Waals surface area (Å²) in [7, 11) is 0. The number of hydrogen-bond acceptors (Lipinski definition) is 7. The predicted octanol–water partition coefficient (Wildman–Crippen LogP) is 2.21. The summed E-state index contributed by atoms with van der Waals surface area (Å²) in [5.41, 5.74) is 0. The van der Waals surface area contributed by atoms with Gasteiger partial charge in [0.25, 0.3) is 0 Å². The van der Waals surface area contributed by atoms with Crippen LogP contribution < -0.4 is 0 Å². The third kappa shape index (κ3) is 5.03. The standard InChI is InChI=1S/C15H28O7/c1-7-13(16)22-15(20-11-5,21-12-6)14(17-8-2,18-9-3)19-10-4/h7H,1,8-12H2,2-6H3. The highest BCUT2D eigenvalue weighted by Gasteiger charge is 2.62. The Hall–Kier alpha value is -0.990. The minimum absolute atomic E-state index is 0.180. The molecule has 0 atom stereocenters. The average Bonchev–Trinajstić information content (AvgIpc) is 2.48. The Morgan fingerprint density at radius 1 is 0.773 bits per heavy atom. The number of ether oxygens (including phenoxy) is 6. The maximum absolute atomic E-state index is 11.8. The van der Waals surface area contributed by atoms with Crippen molar-refractivity contribution in [2.24, 2.45) is 0 Å². The lowest BCUT2D eigenvalue weighted by Crippen LogP contribution is -2.64. The van der Waals surface area contributed by atoms with Crippen molar-refractivity contribution in [3.8, 4) is 0 Å². The van der Waals surface area contributed by atoms with Crippen molar-refractivity contribution in [2.45, 2.75) is 46.6 Å². The molecule has 0 amide bonds. The molecule has 0 heterocycles. The van der Waals surface area contributed by atoms with E-state index in [1.165, 1.54) is 0 Å². The summed E-state index contributed by atoms with van der Waals surface area (Å²) in [6.45, 7) is 13.1. The molecule has 0 spiro atoms. The fourth-order valence-corrected chi connectivity index (χ4v) is 1.85. The molecule has 0 aromatic carbocycles. The summed E-state index contributed by atoms with van der Waals surface area (Å²) < 4.78 is 33.3. The summed E-state index contributed by atoms with van der Waals surface area (Å²) in [6, 6.07) is 0. The van der Waals surface area contributed by atoms with Crippen LogP contribution in [0.4, 0.5) is 0 Å². The Morgan fingerprint density at radius 2 is 1.09 bits per heavy atom. The van der Waals surface area contributed by atoms with E-state index >= 15 is 0 Å². The second-order valence-electron chi connectivity index (χ2n) is 3.90. The molecule has 0 saturated carbocycles. The first-order chi connectivity index (χ1) is 10.5. The smallest absolute Gasteiger partial charge is 0.398 e. The normalized spacial score (nSPS) is 12.2. The largest absolute Gasteiger partial charge is 0.417 e. The van der Waals surface area contributed by atoms with E-state index in [9.17, 15) is 4.79 Å². The lowest BCUT2D eigenvalue weighted by atomic mass is 10.4. The number of carbonyl (C=O) groups excluding carboxylic acids is 1. The maximum Gasteiger partial charge on any atom is 0.417 e. The van der Waals surface area contributed by atoms with Crippen LogP contribution in [-0.4, -0.2) is 51.0 Å². The van der Waals surface area contributed by atoms with E-state index in [4.69, 9.17) is 28.4 Å². The van der Waals surface area contributed by atoms with Gasteiger partial charge < -0.3 is 28.4 Å². The third-order valence-electron chi connectivity index (χ3n) is 2.45. The number of carbonyl (C=O) groups is 1. The molecule has 130 valence electrons. The third-order valence-corrected chi connectivity index (χ3v) is 2.45. The van der Waals surface area contributed by atoms with Crippen molar-refractivity contribution in [1.82, 2.24) is 0 Å². The van der Waals surface area contributed by atoms with Crippen LogP contribution >= 0.6 is 0 Å². The Labute approximate surface area is 132 Å². The fourth-order valence-electron chi connectivity index (χ4n) is 1.85. The minimum atomic E-state index is -2.00. The van der Waals surface area contributed by atoms with Crippen molar-refractivity contribution < 1.29 is 33.2 Å². The molecule has 22 heavy (non-hydrogen) atoms. The van der Waals surface area contributed by atoms with Crippen LogP contribution in [0.25, 0.3) is 0 Å². The van der Waals surface area contributed by atoms with Gasteiger partial charge in [-0.25, -0.2) is 4.79 Å². The molecule has 0 radical (unpaired) electrons. The molecule has 7 nitrogen and oxygen atoms in total. The topological polar surface area (TPSA) is 72.5 Å². The van der Waals surface area contributed by atoms with Gasteiger partial charge in [-0.3, -0.25) is 0 Å². The summed E-state index contributed by atoms with van der Waals surface area (Å²) in [5, 5.41) is 0. The van der Waals surface area contributed by atoms with Gasteiger partial charge in [-0.2, -0.15) is 0 Å². The lowest BCUT2D eigenvalue weighted by molar-refractivity contribution is -0.548. The molecule has 0 aliphatic rings. The highest BCUT2D eigenvalue weighted by molar-refractivity contribution is 5.81. The zero-order chi connectivity index (χ0) is 17.1. The predicted molar refractivity (Wildman–Crippen MR) is 79.9 cm³/mol. The van der Waals surface area contributed by atoms with Crippen molar-refractivity contribution >= 4 is 5.97 Å². The van der Waals surface area contributed by atoms with Gasteiger partial charge in [-0.1, -0.05) is 6.58 Å². The van der Waals surface area contributed by atoms with Crippen LogP contribution in [0.15, 0.2) is 12.7 Å². The molecule has 0 fully saturated rings. The van der Waals surface area contributed by atoms with Crippen molar-refractivity contribution in [3.63, 3.8) is 0 Å². The van der Waals surface area contributed by atoms with E-state index in [1.54, 1.807) is 34.6 Å². The van der Waals surface area contributed by atoms with Crippen molar-refractivity contribution in [2.75, 3.05) is 33.0 Å². The van der Waals surface area contributed by atoms with Crippen LogP contribution in [-0.2, 0) is 33.2 Å². The van der Waals surface area contributed by atoms with Gasteiger partial charge in [0.1, 0.15) is 0 Å². The number of hydrogen-bond donors (Lipinski definition) is 0. The molecule has 0 saturated heterocycles. The quantitative estimate of drug-likeness (QED) is 0.293. The minimum Gasteiger partial charge on any atom is -0.398 e. The first kappa shape index (κ1) is 21.0. The van der Waals surface area contributed by atoms with Gasteiger partial charge in [-0.15, -0.1) is 0 Å². The molecule has 0 unspecified atom stereocenters. The molecule has 0 aromatic heterocycles. The average molecular weight is 320 g/mol. The molecule has 0 N–H and O–H groups in total. The number of esters is 1. The summed E-state index contributed by atoms with van der Waals surface area (Å²) >= 11 is 0. The van der Waals surface area contributed by atoms with Crippen molar-refractivity contribution in [1.29, 1.82) is 0 Å². The molecule has 0 rings (SSSR count). The molecular weight excluding hydrogens is 292 g/mol. The van der Waals surface area contributed by atoms with Crippen LogP contribution in [0.5, 0.6) is 0 Å². The van der Waals surface area contributed by atoms with Gasteiger partial charge in [0.15, 0.2) is 0 Å². The maximum atomic E-state index is 11.8. The first-order valence-corrected chi connectivity index (χ1v) is 7.56. The van der Waals surface area contributed by atoms with Crippen LogP contribution in [0.2, 0.25) is 0 Å². The second-order valence-corrected chi connectivity index (χ2v) is 3.90. The summed E-state index contributed by atoms with van der Waals surface area (Å²) in [5.74, 6) is -4.58. The zero-order valence-corrected chi connectivity index (χ0v) is 14.2. The molecule has 0 aromatic rings. The number of rotatable bonds is 13. The second kappa shape index (κ2) is 10.7. The van der Waals surface area contributed by atoms with E-state index in [2.05, 4.69) is 6.58 Å². The van der Waals surface area contributed by atoms with Gasteiger partial charge in [-0.05, 0) is 34.6 Å². The monoisotopic (exact) mass is 320 g/mol. The summed E-state index contributed by atoms with van der Waals surface area (Å²) in [4.78, 5) is 11.8. The first-order valence-electron chi connectivity index (χ1n) is 7.56. The Balaban J connectivity index is 5.93. The fraction of sp³-hybridized carbons (Fsp3) is 0.800. The van der Waals surface area contributed by atoms with E-state index in [0.717, 1.165) is 6.08 Å². The molecule has 0 aliphatic heterocycles. The molecular formula is C15H28O7. The van der Waals surface area contributed by atoms with E-state index in [-0.39, 0.29) is 33.0 Å². The highest BCUT2D eigenvalue weighted by Crippen LogP contribution is 2.36. The zero-order valence-electron chi connectivity index (χ0n) is 14.2. The SMILES string of the molecule is C=CC(=O)OC(OCC)(OCC)C(OCC)(OCC)OCC. The van der Waals surface area contributed by atoms with Crippen LogP contribution in [0, 0.1) is 0 Å². The molecule has 0 aliphatic carbocycles. The highest BCUT2D eigenvalue weighted by atomic mass is 17.0. The van der Waals surface area contributed by atoms with Crippen LogP contribution in [0.1, 0.15) is 34.6 Å². The Bertz CT molecular complexity index is 307. The molecule has 0 bridgehead atoms. The van der Waals surface area contributed by atoms with Crippen molar-refractivity contribution in [3.05, 3.63) is 12.7 Å². The van der Waals surface area contributed by atoms with E-state index in [0.29, 0.717) is 0 Å². The van der Waals surface area contributed by atoms with E-state index < -0.39 is 17.9 Å². The van der Waals surface area contributed by atoms with Gasteiger partial charge in [0, 0.05) is 25.9 Å². The summed E-state index contributed by atoms with van der Waals surface area (Å²) in [6.07, 6.45) is 1.00. The van der Waals surface area contributed by atoms with Gasteiger partial charge in [0.05, 0.1) is 13.2 Å².